The number of anilines is 2. The van der Waals surface area contributed by atoms with E-state index in [0.29, 0.717) is 38.4 Å². The number of alkyl halides is 3. The lowest BCUT2D eigenvalue weighted by Gasteiger charge is -2.38. The average Bonchev–Trinajstić information content (AvgIpc) is 3.50. The van der Waals surface area contributed by atoms with Crippen molar-refractivity contribution in [3.05, 3.63) is 53.9 Å². The Morgan fingerprint density at radius 1 is 1.03 bits per heavy atom. The molecule has 35 heavy (non-hydrogen) atoms. The Labute approximate surface area is 202 Å². The summed E-state index contributed by atoms with van der Waals surface area (Å²) in [5, 5.41) is 3.02. The second-order valence-electron chi connectivity index (χ2n) is 9.37. The van der Waals surface area contributed by atoms with Crippen LogP contribution in [0.25, 0.3) is 0 Å². The summed E-state index contributed by atoms with van der Waals surface area (Å²) < 4.78 is 50.5. The highest BCUT2D eigenvalue weighted by Crippen LogP contribution is 2.34. The molecule has 0 aliphatic carbocycles. The molecule has 3 aliphatic heterocycles. The maximum Gasteiger partial charge on any atom is 0.417 e. The Kier molecular flexibility index (Phi) is 6.59. The molecule has 3 fully saturated rings. The Balaban J connectivity index is 1.10. The molecular formula is C25H29F3N4O3. The van der Waals surface area contributed by atoms with E-state index in [9.17, 15) is 18.0 Å². The van der Waals surface area contributed by atoms with Gasteiger partial charge in [0.25, 0.3) is 0 Å². The van der Waals surface area contributed by atoms with Gasteiger partial charge in [0, 0.05) is 56.9 Å². The van der Waals surface area contributed by atoms with E-state index in [1.54, 1.807) is 0 Å². The molecule has 0 unspecified atom stereocenters. The van der Waals surface area contributed by atoms with Crippen molar-refractivity contribution in [3.8, 4) is 0 Å². The van der Waals surface area contributed by atoms with Crippen molar-refractivity contribution in [2.45, 2.75) is 43.7 Å². The Hall–Kier alpha value is -2.85. The van der Waals surface area contributed by atoms with Crippen molar-refractivity contribution >= 4 is 17.3 Å². The summed E-state index contributed by atoms with van der Waals surface area (Å²) in [5.74, 6) is -0.496. The van der Waals surface area contributed by atoms with Crippen molar-refractivity contribution in [1.29, 1.82) is 0 Å². The molecule has 1 aromatic heterocycles. The van der Waals surface area contributed by atoms with Gasteiger partial charge in [-0.1, -0.05) is 12.1 Å². The number of ether oxygens (including phenoxy) is 2. The van der Waals surface area contributed by atoms with Gasteiger partial charge in [0.1, 0.15) is 0 Å². The van der Waals surface area contributed by atoms with E-state index in [1.165, 1.54) is 6.20 Å². The van der Waals surface area contributed by atoms with Crippen LogP contribution < -0.4 is 15.1 Å². The summed E-state index contributed by atoms with van der Waals surface area (Å²) >= 11 is 0. The van der Waals surface area contributed by atoms with Crippen LogP contribution in [0, 0.1) is 0 Å². The first-order chi connectivity index (χ1) is 16.8. The number of benzene rings is 1. The predicted octanol–water partition coefficient (Wildman–Crippen LogP) is 3.38. The van der Waals surface area contributed by atoms with Gasteiger partial charge in [-0.05, 0) is 30.2 Å². The normalized spacial score (nSPS) is 22.1. The van der Waals surface area contributed by atoms with E-state index in [0.717, 1.165) is 49.4 Å². The molecule has 1 atom stereocenters. The Morgan fingerprint density at radius 3 is 2.43 bits per heavy atom. The van der Waals surface area contributed by atoms with Crippen LogP contribution in [-0.4, -0.2) is 62.1 Å². The summed E-state index contributed by atoms with van der Waals surface area (Å²) in [7, 11) is 0. The molecule has 1 spiro atoms. The molecule has 0 radical (unpaired) electrons. The average molecular weight is 491 g/mol. The van der Waals surface area contributed by atoms with Gasteiger partial charge in [0.2, 0.25) is 5.91 Å². The van der Waals surface area contributed by atoms with Crippen LogP contribution in [0.15, 0.2) is 42.7 Å². The first-order valence-electron chi connectivity index (χ1n) is 12.0. The zero-order chi connectivity index (χ0) is 24.5. The van der Waals surface area contributed by atoms with E-state index in [-0.39, 0.29) is 18.4 Å². The van der Waals surface area contributed by atoms with Crippen molar-refractivity contribution in [2.75, 3.05) is 49.2 Å². The fourth-order valence-electron chi connectivity index (χ4n) is 5.05. The smallest absolute Gasteiger partial charge is 0.371 e. The maximum atomic E-state index is 13.0. The van der Waals surface area contributed by atoms with Gasteiger partial charge >= 0.3 is 6.18 Å². The Bertz CT molecular complexity index is 1030. The largest absolute Gasteiger partial charge is 0.417 e. The molecule has 1 amide bonds. The first kappa shape index (κ1) is 23.9. The number of amides is 1. The van der Waals surface area contributed by atoms with E-state index >= 15 is 0 Å². The highest BCUT2D eigenvalue weighted by molar-refractivity contribution is 5.79. The lowest BCUT2D eigenvalue weighted by atomic mass is 10.0. The molecule has 7 nitrogen and oxygen atoms in total. The molecule has 0 bridgehead atoms. The van der Waals surface area contributed by atoms with Gasteiger partial charge in [-0.15, -0.1) is 0 Å². The molecule has 4 heterocycles. The molecule has 188 valence electrons. The topological polar surface area (TPSA) is 66.9 Å². The standard InChI is InChI=1S/C25H29F3N4O3/c26-25(27,28)19-14-22(16-29-15-19)32-8-5-20(17-32)30-23(33)13-18-1-3-21(4-2-18)31-9-6-24(7-10-31)34-11-12-35-24/h1-4,14-16,20H,5-13,17H2,(H,30,33)/t20-/m1/s1. The minimum atomic E-state index is -4.43. The number of hydrogen-bond acceptors (Lipinski definition) is 6. The second kappa shape index (κ2) is 9.66. The molecule has 2 aromatic rings. The zero-order valence-electron chi connectivity index (χ0n) is 19.4. The van der Waals surface area contributed by atoms with Crippen LogP contribution in [-0.2, 0) is 26.9 Å². The number of carbonyl (C=O) groups is 1. The third kappa shape index (κ3) is 5.54. The number of nitrogens with one attached hydrogen (secondary N) is 1. The summed E-state index contributed by atoms with van der Waals surface area (Å²) in [6.45, 7) is 4.07. The van der Waals surface area contributed by atoms with Crippen molar-refractivity contribution in [2.24, 2.45) is 0 Å². The molecular weight excluding hydrogens is 461 g/mol. The summed E-state index contributed by atoms with van der Waals surface area (Å²) in [5.41, 5.74) is 1.68. The number of piperidine rings is 1. The zero-order valence-corrected chi connectivity index (χ0v) is 19.4. The number of nitrogens with zero attached hydrogens (tertiary/aromatic N) is 3. The van der Waals surface area contributed by atoms with Gasteiger partial charge < -0.3 is 24.6 Å². The third-order valence-corrected chi connectivity index (χ3v) is 6.97. The first-order valence-corrected chi connectivity index (χ1v) is 12.0. The molecule has 3 saturated heterocycles. The number of halogens is 3. The van der Waals surface area contributed by atoms with E-state index in [1.807, 2.05) is 29.2 Å². The highest BCUT2D eigenvalue weighted by Gasteiger charge is 2.39. The molecule has 10 heteroatoms. The Morgan fingerprint density at radius 2 is 1.74 bits per heavy atom. The molecule has 5 rings (SSSR count). The number of carbonyl (C=O) groups excluding carboxylic acids is 1. The molecule has 0 saturated carbocycles. The fraction of sp³-hybridized carbons (Fsp3) is 0.520. The molecule has 1 aromatic carbocycles. The fourth-order valence-corrected chi connectivity index (χ4v) is 5.05. The lowest BCUT2D eigenvalue weighted by molar-refractivity contribution is -0.169. The van der Waals surface area contributed by atoms with E-state index in [2.05, 4.69) is 15.2 Å². The van der Waals surface area contributed by atoms with Crippen LogP contribution in [0.4, 0.5) is 24.5 Å². The number of rotatable bonds is 5. The second-order valence-corrected chi connectivity index (χ2v) is 9.37. The minimum absolute atomic E-state index is 0.0952. The number of pyridine rings is 1. The SMILES string of the molecule is O=C(Cc1ccc(N2CCC3(CC2)OCCO3)cc1)N[C@@H]1CCN(c2cncc(C(F)(F)F)c2)C1. The maximum absolute atomic E-state index is 13.0. The van der Waals surface area contributed by atoms with Crippen molar-refractivity contribution in [3.63, 3.8) is 0 Å². The van der Waals surface area contributed by atoms with Crippen LogP contribution >= 0.6 is 0 Å². The van der Waals surface area contributed by atoms with Crippen LogP contribution in [0.1, 0.15) is 30.4 Å². The van der Waals surface area contributed by atoms with Gasteiger partial charge in [-0.25, -0.2) is 0 Å². The van der Waals surface area contributed by atoms with Crippen molar-refractivity contribution < 1.29 is 27.4 Å². The predicted molar refractivity (Wildman–Crippen MR) is 124 cm³/mol. The monoisotopic (exact) mass is 490 g/mol. The quantitative estimate of drug-likeness (QED) is 0.693. The van der Waals surface area contributed by atoms with E-state index < -0.39 is 17.5 Å². The third-order valence-electron chi connectivity index (χ3n) is 6.97. The number of aromatic nitrogens is 1. The van der Waals surface area contributed by atoms with Crippen molar-refractivity contribution in [1.82, 2.24) is 10.3 Å². The van der Waals surface area contributed by atoms with Gasteiger partial charge in [-0.3, -0.25) is 9.78 Å². The molecule has 3 aliphatic rings. The van der Waals surface area contributed by atoms with E-state index in [4.69, 9.17) is 9.47 Å². The van der Waals surface area contributed by atoms with Crippen LogP contribution in [0.2, 0.25) is 0 Å². The summed E-state index contributed by atoms with van der Waals surface area (Å²) in [6.07, 6.45) is 0.428. The van der Waals surface area contributed by atoms with Gasteiger partial charge in [0.05, 0.1) is 37.1 Å². The minimum Gasteiger partial charge on any atom is -0.371 e. The van der Waals surface area contributed by atoms with Gasteiger partial charge in [-0.2, -0.15) is 13.2 Å². The van der Waals surface area contributed by atoms with Crippen LogP contribution in [0.3, 0.4) is 0 Å². The summed E-state index contributed by atoms with van der Waals surface area (Å²) in [4.78, 5) is 20.5. The highest BCUT2D eigenvalue weighted by atomic mass is 19.4. The van der Waals surface area contributed by atoms with Crippen LogP contribution in [0.5, 0.6) is 0 Å². The molecule has 1 N–H and O–H groups in total. The summed E-state index contributed by atoms with van der Waals surface area (Å²) in [6, 6.07) is 9.00. The van der Waals surface area contributed by atoms with Gasteiger partial charge in [0.15, 0.2) is 5.79 Å². The number of hydrogen-bond donors (Lipinski definition) is 1. The lowest BCUT2D eigenvalue weighted by Crippen LogP contribution is -2.45.